The molecule has 2 saturated heterocycles. The molecule has 1 radical (unpaired) electrons. The zero-order chi connectivity index (χ0) is 7.84. The van der Waals surface area contributed by atoms with Gasteiger partial charge < -0.3 is 4.90 Å². The van der Waals surface area contributed by atoms with E-state index in [1.54, 1.807) is 6.92 Å². The number of hydrogen-bond donors (Lipinski definition) is 0. The van der Waals surface area contributed by atoms with Gasteiger partial charge in [-0.2, -0.15) is 0 Å². The van der Waals surface area contributed by atoms with Gasteiger partial charge in [0.1, 0.15) is 0 Å². The first-order valence-electron chi connectivity index (χ1n) is 4.39. The van der Waals surface area contributed by atoms with Crippen LogP contribution in [0.5, 0.6) is 0 Å². The first kappa shape index (κ1) is 7.14. The smallest absolute Gasteiger partial charge is 0.219 e. The largest absolute Gasteiger partial charge is 0.337 e. The van der Waals surface area contributed by atoms with Crippen LogP contribution in [0.25, 0.3) is 0 Å². The Balaban J connectivity index is 2.15. The summed E-state index contributed by atoms with van der Waals surface area (Å²) in [5.74, 6) is 0.269. The van der Waals surface area contributed by atoms with Gasteiger partial charge in [0, 0.05) is 19.0 Å². The predicted molar refractivity (Wildman–Crippen MR) is 42.9 cm³/mol. The van der Waals surface area contributed by atoms with E-state index in [1.165, 1.54) is 12.8 Å². The van der Waals surface area contributed by atoms with Crippen LogP contribution in [-0.2, 0) is 4.79 Å². The summed E-state index contributed by atoms with van der Waals surface area (Å²) in [6.07, 6.45) is 7.02. The average Bonchev–Trinajstić information content (AvgIpc) is 2.23. The molecule has 2 bridgehead atoms. The summed E-state index contributed by atoms with van der Waals surface area (Å²) in [6, 6.07) is 1.09. The third-order valence-electron chi connectivity index (χ3n) is 2.86. The van der Waals surface area contributed by atoms with Crippen molar-refractivity contribution in [2.75, 3.05) is 0 Å². The molecule has 2 heteroatoms. The Morgan fingerprint density at radius 3 is 2.27 bits per heavy atom. The van der Waals surface area contributed by atoms with E-state index < -0.39 is 0 Å². The molecule has 1 amide bonds. The summed E-state index contributed by atoms with van der Waals surface area (Å²) in [5.41, 5.74) is 0. The van der Waals surface area contributed by atoms with Crippen molar-refractivity contribution in [3.8, 4) is 0 Å². The van der Waals surface area contributed by atoms with Crippen molar-refractivity contribution in [1.29, 1.82) is 0 Å². The summed E-state index contributed by atoms with van der Waals surface area (Å²) < 4.78 is 0. The Labute approximate surface area is 67.6 Å². The third kappa shape index (κ3) is 1.05. The number of amides is 1. The van der Waals surface area contributed by atoms with Crippen molar-refractivity contribution in [2.24, 2.45) is 0 Å². The van der Waals surface area contributed by atoms with Gasteiger partial charge in [0.2, 0.25) is 5.91 Å². The van der Waals surface area contributed by atoms with E-state index in [0.29, 0.717) is 12.1 Å². The highest BCUT2D eigenvalue weighted by Crippen LogP contribution is 2.34. The molecule has 2 unspecified atom stereocenters. The maximum absolute atomic E-state index is 11.2. The molecule has 0 aromatic heterocycles. The Bertz CT molecular complexity index is 162. The standard InChI is InChI=1S/C9H14NO/c1-7(11)10-8-3-2-4-9(10)6-5-8/h2,8-9H,3-6H2,1H3. The van der Waals surface area contributed by atoms with Crippen LogP contribution >= 0.6 is 0 Å². The van der Waals surface area contributed by atoms with Gasteiger partial charge in [-0.3, -0.25) is 4.79 Å². The van der Waals surface area contributed by atoms with Crippen molar-refractivity contribution in [3.05, 3.63) is 6.42 Å². The van der Waals surface area contributed by atoms with Crippen LogP contribution in [0.3, 0.4) is 0 Å². The Morgan fingerprint density at radius 1 is 1.36 bits per heavy atom. The second-order valence-electron chi connectivity index (χ2n) is 3.57. The van der Waals surface area contributed by atoms with Crippen LogP contribution in [0, 0.1) is 6.42 Å². The quantitative estimate of drug-likeness (QED) is 0.513. The maximum Gasteiger partial charge on any atom is 0.219 e. The van der Waals surface area contributed by atoms with E-state index in [1.807, 2.05) is 0 Å². The normalized spacial score (nSPS) is 35.9. The number of piperidine rings is 1. The van der Waals surface area contributed by atoms with Crippen LogP contribution in [0.4, 0.5) is 0 Å². The first-order valence-corrected chi connectivity index (χ1v) is 4.39. The molecule has 61 valence electrons. The van der Waals surface area contributed by atoms with Gasteiger partial charge in [-0.1, -0.05) is 0 Å². The SMILES string of the molecule is CC(=O)N1C2C[CH]CC1CC2. The third-order valence-corrected chi connectivity index (χ3v) is 2.86. The highest BCUT2D eigenvalue weighted by Gasteiger charge is 2.37. The van der Waals surface area contributed by atoms with Crippen LogP contribution in [-0.4, -0.2) is 22.9 Å². The molecule has 2 atom stereocenters. The molecule has 2 aliphatic rings. The molecule has 2 fully saturated rings. The van der Waals surface area contributed by atoms with E-state index in [4.69, 9.17) is 0 Å². The van der Waals surface area contributed by atoms with Crippen molar-refractivity contribution >= 4 is 5.91 Å². The number of nitrogens with zero attached hydrogens (tertiary/aromatic N) is 1. The van der Waals surface area contributed by atoms with Crippen molar-refractivity contribution in [1.82, 2.24) is 4.90 Å². The lowest BCUT2D eigenvalue weighted by molar-refractivity contribution is -0.132. The zero-order valence-electron chi connectivity index (χ0n) is 6.92. The lowest BCUT2D eigenvalue weighted by Crippen LogP contribution is -2.42. The number of rotatable bonds is 0. The summed E-state index contributed by atoms with van der Waals surface area (Å²) >= 11 is 0. The second-order valence-corrected chi connectivity index (χ2v) is 3.57. The Kier molecular flexibility index (Phi) is 1.63. The highest BCUT2D eigenvalue weighted by atomic mass is 16.2. The van der Waals surface area contributed by atoms with Crippen LogP contribution in [0.1, 0.15) is 32.6 Å². The second kappa shape index (κ2) is 2.50. The van der Waals surface area contributed by atoms with E-state index in [0.717, 1.165) is 12.8 Å². The molecule has 0 N–H and O–H groups in total. The fraction of sp³-hybridized carbons (Fsp3) is 0.778. The molecule has 2 heterocycles. The molecule has 11 heavy (non-hydrogen) atoms. The molecular formula is C9H14NO. The van der Waals surface area contributed by atoms with Gasteiger partial charge in [-0.05, 0) is 32.1 Å². The molecular weight excluding hydrogens is 138 g/mol. The first-order chi connectivity index (χ1) is 5.29. The molecule has 0 aromatic carbocycles. The van der Waals surface area contributed by atoms with Crippen LogP contribution in [0.2, 0.25) is 0 Å². The number of carbonyl (C=O) groups excluding carboxylic acids is 1. The van der Waals surface area contributed by atoms with Crippen LogP contribution in [0.15, 0.2) is 0 Å². The fourth-order valence-corrected chi connectivity index (χ4v) is 2.42. The van der Waals surface area contributed by atoms with E-state index in [9.17, 15) is 4.79 Å². The van der Waals surface area contributed by atoms with Gasteiger partial charge >= 0.3 is 0 Å². The molecule has 0 aromatic rings. The zero-order valence-corrected chi connectivity index (χ0v) is 6.92. The maximum atomic E-state index is 11.2. The molecule has 2 aliphatic heterocycles. The minimum atomic E-state index is 0.269. The lowest BCUT2D eigenvalue weighted by Gasteiger charge is -2.33. The summed E-state index contributed by atoms with van der Waals surface area (Å²) in [7, 11) is 0. The fourth-order valence-electron chi connectivity index (χ4n) is 2.42. The number of fused-ring (bicyclic) bond motifs is 2. The highest BCUT2D eigenvalue weighted by molar-refractivity contribution is 5.74. The molecule has 0 saturated carbocycles. The van der Waals surface area contributed by atoms with Crippen molar-refractivity contribution < 1.29 is 4.79 Å². The summed E-state index contributed by atoms with van der Waals surface area (Å²) in [5, 5.41) is 0. The molecule has 0 aliphatic carbocycles. The topological polar surface area (TPSA) is 20.3 Å². The monoisotopic (exact) mass is 152 g/mol. The molecule has 2 rings (SSSR count). The minimum Gasteiger partial charge on any atom is -0.337 e. The van der Waals surface area contributed by atoms with Gasteiger partial charge in [-0.15, -0.1) is 0 Å². The molecule has 2 nitrogen and oxygen atoms in total. The Hall–Kier alpha value is -0.530. The van der Waals surface area contributed by atoms with E-state index >= 15 is 0 Å². The van der Waals surface area contributed by atoms with Gasteiger partial charge in [-0.25, -0.2) is 0 Å². The van der Waals surface area contributed by atoms with Crippen LogP contribution < -0.4 is 0 Å². The van der Waals surface area contributed by atoms with Gasteiger partial charge in [0.05, 0.1) is 0 Å². The molecule has 0 spiro atoms. The minimum absolute atomic E-state index is 0.269. The average molecular weight is 152 g/mol. The van der Waals surface area contributed by atoms with Gasteiger partial charge in [0.15, 0.2) is 0 Å². The van der Waals surface area contributed by atoms with E-state index in [2.05, 4.69) is 11.3 Å². The summed E-state index contributed by atoms with van der Waals surface area (Å²) in [4.78, 5) is 13.3. The van der Waals surface area contributed by atoms with Crippen molar-refractivity contribution in [3.63, 3.8) is 0 Å². The van der Waals surface area contributed by atoms with Crippen molar-refractivity contribution in [2.45, 2.75) is 44.7 Å². The van der Waals surface area contributed by atoms with E-state index in [-0.39, 0.29) is 5.91 Å². The number of carbonyl (C=O) groups is 1. The predicted octanol–water partition coefficient (Wildman–Crippen LogP) is 1.36. The summed E-state index contributed by atoms with van der Waals surface area (Å²) in [6.45, 7) is 1.69. The Morgan fingerprint density at radius 2 is 1.91 bits per heavy atom. The number of hydrogen-bond acceptors (Lipinski definition) is 1. The van der Waals surface area contributed by atoms with Gasteiger partial charge in [0.25, 0.3) is 0 Å². The lowest BCUT2D eigenvalue weighted by atomic mass is 10.0.